The largest absolute Gasteiger partial charge is 0.355 e. The summed E-state index contributed by atoms with van der Waals surface area (Å²) in [5.41, 5.74) is 22.2. The van der Waals surface area contributed by atoms with Crippen molar-refractivity contribution < 1.29 is 0 Å². The Hall–Kier alpha value is -5.80. The van der Waals surface area contributed by atoms with E-state index in [1.165, 1.54) is 89.2 Å². The summed E-state index contributed by atoms with van der Waals surface area (Å²) < 4.78 is 0. The maximum atomic E-state index is 3.84. The minimum atomic E-state index is -0.412. The van der Waals surface area contributed by atoms with Crippen molar-refractivity contribution >= 4 is 46.6 Å². The van der Waals surface area contributed by atoms with Crippen molar-refractivity contribution in [3.05, 3.63) is 185 Å². The van der Waals surface area contributed by atoms with Gasteiger partial charge in [0.15, 0.2) is 7.28 Å². The van der Waals surface area contributed by atoms with Crippen LogP contribution in [0.4, 0.5) is 28.4 Å². The average Bonchev–Trinajstić information content (AvgIpc) is 3.42. The molecule has 0 saturated heterocycles. The number of hydrogen-bond acceptors (Lipinski definition) is 2. The molecule has 0 aromatic heterocycles. The third-order valence-corrected chi connectivity index (χ3v) is 11.0. The maximum Gasteiger partial charge on any atom is 0.197 e. The van der Waals surface area contributed by atoms with E-state index in [1.54, 1.807) is 0 Å². The summed E-state index contributed by atoms with van der Waals surface area (Å²) in [6.45, 7) is 6.60. The van der Waals surface area contributed by atoms with Gasteiger partial charge in [0.2, 0.25) is 0 Å². The SMILES string of the molecule is Cc1cc(-c2cccc(C)c2Nc2ccccc2C)c2c(c1)N1c3ccccc3C3(c4ccccc4-c4ccccc43)c3cccc(c31)[B]2. The summed E-state index contributed by atoms with van der Waals surface area (Å²) in [4.78, 5) is 2.56. The van der Waals surface area contributed by atoms with Crippen LogP contribution in [-0.2, 0) is 5.41 Å². The third-order valence-electron chi connectivity index (χ3n) is 11.0. The summed E-state index contributed by atoms with van der Waals surface area (Å²) in [7, 11) is 2.44. The van der Waals surface area contributed by atoms with Crippen LogP contribution in [0.1, 0.15) is 38.9 Å². The van der Waals surface area contributed by atoms with Gasteiger partial charge in [-0.3, -0.25) is 0 Å². The quantitative estimate of drug-likeness (QED) is 0.197. The van der Waals surface area contributed by atoms with Gasteiger partial charge < -0.3 is 10.2 Å². The second-order valence-corrected chi connectivity index (χ2v) is 13.8. The van der Waals surface area contributed by atoms with Crippen molar-refractivity contribution in [1.82, 2.24) is 0 Å². The van der Waals surface area contributed by atoms with Gasteiger partial charge in [-0.15, -0.1) is 0 Å². The number of fused-ring (bicyclic) bond motifs is 11. The van der Waals surface area contributed by atoms with Gasteiger partial charge in [-0.05, 0) is 100 Å². The molecule has 231 valence electrons. The number of para-hydroxylation sites is 4. The molecule has 0 fully saturated rings. The van der Waals surface area contributed by atoms with E-state index in [0.29, 0.717) is 0 Å². The van der Waals surface area contributed by atoms with Crippen LogP contribution < -0.4 is 21.1 Å². The fourth-order valence-electron chi connectivity index (χ4n) is 8.95. The molecule has 49 heavy (non-hydrogen) atoms. The molecule has 10 rings (SSSR count). The Morgan fingerprint density at radius 1 is 0.510 bits per heavy atom. The molecular weight excluding hydrogens is 591 g/mol. The minimum absolute atomic E-state index is 0.412. The van der Waals surface area contributed by atoms with E-state index in [9.17, 15) is 0 Å². The zero-order chi connectivity index (χ0) is 32.9. The standard InChI is InChI=1S/C46H34BN2/c1-28-26-34(33-18-12-15-30(3)44(33)48-40-24-10-4-14-29(40)2)43-42(27-28)49-41-25-11-9-21-37(41)46(38-22-13-23-39(47-43)45(38)49)35-19-7-5-16-31(35)32-17-6-8-20-36(32)46/h4-27,48H,1-3H3. The summed E-state index contributed by atoms with van der Waals surface area (Å²) in [5.74, 6) is 0. The van der Waals surface area contributed by atoms with Crippen LogP contribution in [0, 0.1) is 20.8 Å². The van der Waals surface area contributed by atoms with Gasteiger partial charge in [-0.25, -0.2) is 0 Å². The monoisotopic (exact) mass is 625 g/mol. The van der Waals surface area contributed by atoms with Gasteiger partial charge in [0.1, 0.15) is 0 Å². The normalized spacial score (nSPS) is 13.9. The van der Waals surface area contributed by atoms with E-state index in [1.807, 2.05) is 0 Å². The number of nitrogens with zero attached hydrogens (tertiary/aromatic N) is 1. The highest BCUT2D eigenvalue weighted by Crippen LogP contribution is 2.63. The Balaban J connectivity index is 1.25. The Labute approximate surface area is 289 Å². The molecule has 1 aliphatic carbocycles. The van der Waals surface area contributed by atoms with E-state index in [2.05, 4.69) is 184 Å². The van der Waals surface area contributed by atoms with Gasteiger partial charge in [0.05, 0.1) is 11.1 Å². The predicted molar refractivity (Wildman–Crippen MR) is 206 cm³/mol. The number of rotatable bonds is 3. The van der Waals surface area contributed by atoms with Gasteiger partial charge in [0, 0.05) is 28.3 Å². The molecule has 3 heteroatoms. The molecule has 1 spiro atoms. The Bertz CT molecular complexity index is 2460. The summed E-state index contributed by atoms with van der Waals surface area (Å²) in [6, 6.07) is 54.1. The smallest absolute Gasteiger partial charge is 0.197 e. The predicted octanol–water partition coefficient (Wildman–Crippen LogP) is 10.1. The van der Waals surface area contributed by atoms with Gasteiger partial charge in [-0.2, -0.15) is 0 Å². The first-order chi connectivity index (χ1) is 24.1. The lowest BCUT2D eigenvalue weighted by Crippen LogP contribution is -2.47. The van der Waals surface area contributed by atoms with E-state index in [0.717, 1.165) is 11.4 Å². The van der Waals surface area contributed by atoms with Crippen molar-refractivity contribution in [1.29, 1.82) is 0 Å². The fraction of sp³-hybridized carbons (Fsp3) is 0.0870. The minimum Gasteiger partial charge on any atom is -0.355 e. The van der Waals surface area contributed by atoms with Crippen LogP contribution in [0.2, 0.25) is 0 Å². The molecule has 0 amide bonds. The van der Waals surface area contributed by atoms with Crippen molar-refractivity contribution in [3.8, 4) is 22.3 Å². The summed E-state index contributed by atoms with van der Waals surface area (Å²) >= 11 is 0. The van der Waals surface area contributed by atoms with Gasteiger partial charge >= 0.3 is 0 Å². The molecule has 0 unspecified atom stereocenters. The lowest BCUT2D eigenvalue weighted by molar-refractivity contribution is 0.753. The number of anilines is 5. The molecule has 2 aliphatic heterocycles. The van der Waals surface area contributed by atoms with Crippen molar-refractivity contribution in [2.45, 2.75) is 26.2 Å². The molecule has 1 N–H and O–H groups in total. The second kappa shape index (κ2) is 10.4. The second-order valence-electron chi connectivity index (χ2n) is 13.8. The Morgan fingerprint density at radius 2 is 1.12 bits per heavy atom. The Kier molecular flexibility index (Phi) is 5.96. The van der Waals surface area contributed by atoms with E-state index in [-0.39, 0.29) is 0 Å². The number of hydrogen-bond donors (Lipinski definition) is 1. The van der Waals surface area contributed by atoms with Crippen LogP contribution in [-0.4, -0.2) is 7.28 Å². The number of aryl methyl sites for hydroxylation is 3. The first kappa shape index (κ1) is 28.2. The lowest BCUT2D eigenvalue weighted by Gasteiger charge is -2.48. The van der Waals surface area contributed by atoms with Crippen LogP contribution >= 0.6 is 0 Å². The molecule has 0 atom stereocenters. The number of nitrogens with one attached hydrogen (secondary N) is 1. The average molecular weight is 626 g/mol. The van der Waals surface area contributed by atoms with Gasteiger partial charge in [-0.1, -0.05) is 133 Å². The molecule has 0 saturated carbocycles. The molecule has 3 aliphatic rings. The van der Waals surface area contributed by atoms with Gasteiger partial charge in [0.25, 0.3) is 0 Å². The van der Waals surface area contributed by atoms with Crippen LogP contribution in [0.5, 0.6) is 0 Å². The molecule has 7 aromatic rings. The first-order valence-electron chi connectivity index (χ1n) is 17.2. The van der Waals surface area contributed by atoms with Crippen LogP contribution in [0.15, 0.2) is 146 Å². The van der Waals surface area contributed by atoms with Crippen LogP contribution in [0.3, 0.4) is 0 Å². The molecule has 2 nitrogen and oxygen atoms in total. The molecule has 0 bridgehead atoms. The molecule has 1 radical (unpaired) electrons. The topological polar surface area (TPSA) is 15.3 Å². The zero-order valence-electron chi connectivity index (χ0n) is 27.9. The molecule has 2 heterocycles. The highest BCUT2D eigenvalue weighted by molar-refractivity contribution is 6.73. The van der Waals surface area contributed by atoms with E-state index >= 15 is 0 Å². The first-order valence-corrected chi connectivity index (χ1v) is 17.2. The highest BCUT2D eigenvalue weighted by Gasteiger charge is 2.52. The molecular formula is C46H34BN2. The number of benzene rings is 7. The summed E-state index contributed by atoms with van der Waals surface area (Å²) in [5, 5.41) is 3.84. The fourth-order valence-corrected chi connectivity index (χ4v) is 8.95. The Morgan fingerprint density at radius 3 is 1.90 bits per heavy atom. The lowest BCUT2D eigenvalue weighted by atomic mass is 9.54. The van der Waals surface area contributed by atoms with Crippen LogP contribution in [0.25, 0.3) is 22.3 Å². The third kappa shape index (κ3) is 3.79. The highest BCUT2D eigenvalue weighted by atomic mass is 15.2. The van der Waals surface area contributed by atoms with Crippen molar-refractivity contribution in [2.24, 2.45) is 0 Å². The van der Waals surface area contributed by atoms with Crippen molar-refractivity contribution in [2.75, 3.05) is 10.2 Å². The maximum absolute atomic E-state index is 3.84. The van der Waals surface area contributed by atoms with E-state index < -0.39 is 5.41 Å². The zero-order valence-corrected chi connectivity index (χ0v) is 27.9. The molecule has 7 aromatic carbocycles. The van der Waals surface area contributed by atoms with Crippen molar-refractivity contribution in [3.63, 3.8) is 0 Å². The summed E-state index contributed by atoms with van der Waals surface area (Å²) in [6.07, 6.45) is 0. The van der Waals surface area contributed by atoms with E-state index in [4.69, 9.17) is 0 Å².